The molecule has 1 saturated heterocycles. The van der Waals surface area contributed by atoms with E-state index >= 15 is 0 Å². The number of nitrogens with one attached hydrogen (secondary N) is 1. The minimum absolute atomic E-state index is 0.229. The number of aromatic nitrogens is 5. The van der Waals surface area contributed by atoms with Crippen molar-refractivity contribution in [2.45, 2.75) is 24.6 Å². The van der Waals surface area contributed by atoms with Crippen molar-refractivity contribution in [1.29, 1.82) is 0 Å². The number of hydrogen-bond donors (Lipinski definition) is 3. The summed E-state index contributed by atoms with van der Waals surface area (Å²) in [7, 11) is 0. The second-order valence-electron chi connectivity index (χ2n) is 7.53. The summed E-state index contributed by atoms with van der Waals surface area (Å²) in [5.74, 6) is -1.45. The number of piperidine rings is 1. The zero-order valence-corrected chi connectivity index (χ0v) is 17.2. The molecule has 0 amide bonds. The summed E-state index contributed by atoms with van der Waals surface area (Å²) >= 11 is 5.97. The Morgan fingerprint density at radius 1 is 1.28 bits per heavy atom. The fourth-order valence-electron chi connectivity index (χ4n) is 3.42. The molecule has 0 unspecified atom stereocenters. The molecule has 4 heterocycles. The van der Waals surface area contributed by atoms with E-state index in [0.29, 0.717) is 54.2 Å². The Morgan fingerprint density at radius 3 is 2.66 bits per heavy atom. The van der Waals surface area contributed by atoms with Crippen molar-refractivity contribution < 1.29 is 22.7 Å². The van der Waals surface area contributed by atoms with Gasteiger partial charge in [0, 0.05) is 18.7 Å². The van der Waals surface area contributed by atoms with Gasteiger partial charge in [-0.25, -0.2) is 19.7 Å². The highest BCUT2D eigenvalue weighted by Crippen LogP contribution is 2.29. The first kappa shape index (κ1) is 22.0. The van der Waals surface area contributed by atoms with Crippen LogP contribution in [0.25, 0.3) is 22.4 Å². The predicted molar refractivity (Wildman–Crippen MR) is 110 cm³/mol. The quantitative estimate of drug-likeness (QED) is 0.384. The molecule has 0 saturated carbocycles. The van der Waals surface area contributed by atoms with Crippen LogP contribution in [0.2, 0.25) is 5.15 Å². The van der Waals surface area contributed by atoms with Gasteiger partial charge >= 0.3 is 12.1 Å². The van der Waals surface area contributed by atoms with Crippen LogP contribution in [0, 0.1) is 0 Å². The number of H-pyrrole nitrogens is 1. The Kier molecular flexibility index (Phi) is 5.54. The molecular weight excluding hydrogens is 453 g/mol. The Hall–Kier alpha value is -3.19. The van der Waals surface area contributed by atoms with Gasteiger partial charge in [-0.2, -0.15) is 18.3 Å². The molecule has 10 nitrogen and oxygen atoms in total. The number of nitrogens with zero attached hydrogens (tertiary/aromatic N) is 5. The second kappa shape index (κ2) is 8.06. The molecule has 5 N–H and O–H groups in total. The molecule has 0 bridgehead atoms. The first-order valence-electron chi connectivity index (χ1n) is 9.46. The van der Waals surface area contributed by atoms with Crippen LogP contribution in [0.4, 0.5) is 24.8 Å². The predicted octanol–water partition coefficient (Wildman–Crippen LogP) is 2.05. The Morgan fingerprint density at radius 2 is 2.00 bits per heavy atom. The molecule has 0 aromatic carbocycles. The standard InChI is InChI=1S/C18H18ClF3N8O2/c19-10-5-9(6-11(23)26-10)13-14-15(29-28-13)27-12(7-25-14)30-3-1-17(24,2-4-30)8-32-16(31)18(20,21)22/h5-7H,1-4,8,24H2,(H2,23,26)(H,27,28,29). The normalized spacial score (nSPS) is 16.3. The van der Waals surface area contributed by atoms with Crippen molar-refractivity contribution in [2.24, 2.45) is 5.73 Å². The largest absolute Gasteiger partial charge is 0.490 e. The van der Waals surface area contributed by atoms with Crippen LogP contribution in [0.5, 0.6) is 0 Å². The van der Waals surface area contributed by atoms with Crippen molar-refractivity contribution >= 4 is 40.4 Å². The number of halogens is 4. The number of nitrogens with two attached hydrogens (primary N) is 2. The minimum atomic E-state index is -5.04. The molecule has 3 aromatic rings. The monoisotopic (exact) mass is 470 g/mol. The number of rotatable bonds is 4. The molecular formula is C18H18ClF3N8O2. The number of alkyl halides is 3. The number of aromatic amines is 1. The lowest BCUT2D eigenvalue weighted by atomic mass is 9.89. The fraction of sp³-hybridized carbons (Fsp3) is 0.389. The Labute approximate surface area is 184 Å². The number of fused-ring (bicyclic) bond motifs is 1. The van der Waals surface area contributed by atoms with Gasteiger partial charge in [0.15, 0.2) is 0 Å². The number of pyridine rings is 1. The minimum Gasteiger partial charge on any atom is -0.457 e. The molecule has 14 heteroatoms. The first-order chi connectivity index (χ1) is 15.0. The number of carbonyl (C=O) groups excluding carboxylic acids is 1. The van der Waals surface area contributed by atoms with Gasteiger partial charge in [0.2, 0.25) is 5.65 Å². The van der Waals surface area contributed by atoms with Gasteiger partial charge in [-0.05, 0) is 25.0 Å². The van der Waals surface area contributed by atoms with Gasteiger partial charge < -0.3 is 21.1 Å². The smallest absolute Gasteiger partial charge is 0.457 e. The molecule has 3 aromatic heterocycles. The molecule has 0 spiro atoms. The number of nitrogen functional groups attached to an aromatic ring is 1. The van der Waals surface area contributed by atoms with Crippen LogP contribution >= 0.6 is 11.6 Å². The van der Waals surface area contributed by atoms with Gasteiger partial charge in [0.05, 0.1) is 17.4 Å². The molecule has 1 fully saturated rings. The molecule has 32 heavy (non-hydrogen) atoms. The van der Waals surface area contributed by atoms with E-state index < -0.39 is 24.3 Å². The van der Waals surface area contributed by atoms with Gasteiger partial charge in [-0.15, -0.1) is 0 Å². The number of esters is 1. The number of hydrogen-bond acceptors (Lipinski definition) is 9. The third-order valence-electron chi connectivity index (χ3n) is 5.16. The summed E-state index contributed by atoms with van der Waals surface area (Å²) in [6, 6.07) is 3.25. The summed E-state index contributed by atoms with van der Waals surface area (Å²) in [5.41, 5.74) is 12.9. The molecule has 0 aliphatic carbocycles. The van der Waals surface area contributed by atoms with Crippen molar-refractivity contribution in [2.75, 3.05) is 30.3 Å². The Balaban J connectivity index is 1.46. The van der Waals surface area contributed by atoms with Crippen LogP contribution in [-0.2, 0) is 9.53 Å². The van der Waals surface area contributed by atoms with E-state index in [4.69, 9.17) is 23.1 Å². The third-order valence-corrected chi connectivity index (χ3v) is 5.35. The molecule has 170 valence electrons. The zero-order valence-electron chi connectivity index (χ0n) is 16.5. The van der Waals surface area contributed by atoms with E-state index in [1.54, 1.807) is 18.3 Å². The maximum absolute atomic E-state index is 12.3. The molecule has 0 atom stereocenters. The van der Waals surface area contributed by atoms with Gasteiger partial charge in [-0.3, -0.25) is 5.10 Å². The third kappa shape index (κ3) is 4.53. The lowest BCUT2D eigenvalue weighted by molar-refractivity contribution is -0.201. The number of anilines is 2. The van der Waals surface area contributed by atoms with E-state index in [2.05, 4.69) is 29.9 Å². The van der Waals surface area contributed by atoms with Gasteiger partial charge in [0.25, 0.3) is 0 Å². The van der Waals surface area contributed by atoms with Crippen molar-refractivity contribution in [3.8, 4) is 11.3 Å². The maximum Gasteiger partial charge on any atom is 0.490 e. The number of carbonyl (C=O) groups is 1. The van der Waals surface area contributed by atoms with Gasteiger partial charge in [-0.1, -0.05) is 11.6 Å². The van der Waals surface area contributed by atoms with Crippen molar-refractivity contribution in [3.63, 3.8) is 0 Å². The Bertz CT molecular complexity index is 1140. The fourth-order valence-corrected chi connectivity index (χ4v) is 3.63. The molecule has 0 radical (unpaired) electrons. The summed E-state index contributed by atoms with van der Waals surface area (Å²) in [6.07, 6.45) is -2.87. The zero-order chi connectivity index (χ0) is 23.1. The van der Waals surface area contributed by atoms with E-state index in [1.807, 2.05) is 4.90 Å². The van der Waals surface area contributed by atoms with Crippen molar-refractivity contribution in [3.05, 3.63) is 23.5 Å². The highest BCUT2D eigenvalue weighted by Gasteiger charge is 2.43. The van der Waals surface area contributed by atoms with Crippen LogP contribution in [0.15, 0.2) is 18.3 Å². The van der Waals surface area contributed by atoms with E-state index in [-0.39, 0.29) is 11.0 Å². The second-order valence-corrected chi connectivity index (χ2v) is 7.91. The average Bonchev–Trinajstić information content (AvgIpc) is 3.14. The highest BCUT2D eigenvalue weighted by atomic mass is 35.5. The van der Waals surface area contributed by atoms with E-state index in [0.717, 1.165) is 0 Å². The lowest BCUT2D eigenvalue weighted by Gasteiger charge is -2.39. The summed E-state index contributed by atoms with van der Waals surface area (Å²) in [6.45, 7) is 0.284. The van der Waals surface area contributed by atoms with Crippen LogP contribution < -0.4 is 16.4 Å². The average molecular weight is 471 g/mol. The summed E-state index contributed by atoms with van der Waals surface area (Å²) in [4.78, 5) is 25.7. The molecule has 4 rings (SSSR count). The van der Waals surface area contributed by atoms with Crippen molar-refractivity contribution in [1.82, 2.24) is 25.1 Å². The maximum atomic E-state index is 12.3. The van der Waals surface area contributed by atoms with E-state index in [1.165, 1.54) is 0 Å². The lowest BCUT2D eigenvalue weighted by Crippen LogP contribution is -2.54. The molecule has 1 aliphatic heterocycles. The topological polar surface area (TPSA) is 149 Å². The van der Waals surface area contributed by atoms with Crippen LogP contribution in [0.3, 0.4) is 0 Å². The van der Waals surface area contributed by atoms with Crippen LogP contribution in [0.1, 0.15) is 12.8 Å². The summed E-state index contributed by atoms with van der Waals surface area (Å²) in [5, 5.41) is 7.29. The molecule has 1 aliphatic rings. The number of ether oxygens (including phenoxy) is 1. The van der Waals surface area contributed by atoms with E-state index in [9.17, 15) is 18.0 Å². The first-order valence-corrected chi connectivity index (χ1v) is 9.84. The van der Waals surface area contributed by atoms with Gasteiger partial charge in [0.1, 0.15) is 28.9 Å². The van der Waals surface area contributed by atoms with Crippen LogP contribution in [-0.4, -0.2) is 62.5 Å². The summed E-state index contributed by atoms with van der Waals surface area (Å²) < 4.78 is 41.3. The SMILES string of the molecule is Nc1cc(-c2[nH]nc3nc(N4CCC(N)(COC(=O)C(F)(F)F)CC4)cnc23)cc(Cl)n1. The highest BCUT2D eigenvalue weighted by molar-refractivity contribution is 6.29.